The van der Waals surface area contributed by atoms with Gasteiger partial charge in [0.2, 0.25) is 0 Å². The summed E-state index contributed by atoms with van der Waals surface area (Å²) in [6.07, 6.45) is 4.72. The van der Waals surface area contributed by atoms with Crippen LogP contribution in [0, 0.1) is 5.82 Å². The van der Waals surface area contributed by atoms with E-state index in [1.807, 2.05) is 6.07 Å². The first-order valence-electron chi connectivity index (χ1n) is 7.50. The smallest absolute Gasteiger partial charge is 0.254 e. The first kappa shape index (κ1) is 15.2. The molecule has 0 saturated carbocycles. The highest BCUT2D eigenvalue weighted by Crippen LogP contribution is 2.20. The Kier molecular flexibility index (Phi) is 3.82. The van der Waals surface area contributed by atoms with Gasteiger partial charge in [0, 0.05) is 13.2 Å². The Bertz CT molecular complexity index is 1030. The van der Waals surface area contributed by atoms with E-state index < -0.39 is 0 Å². The zero-order valence-corrected chi connectivity index (χ0v) is 13.3. The minimum Gasteiger partial charge on any atom is -0.378 e. The van der Waals surface area contributed by atoms with Crippen LogP contribution in [0.15, 0.2) is 49.1 Å². The van der Waals surface area contributed by atoms with Gasteiger partial charge in [0.05, 0.1) is 30.4 Å². The molecule has 0 spiro atoms. The number of halogens is 1. The van der Waals surface area contributed by atoms with E-state index in [4.69, 9.17) is 4.74 Å². The summed E-state index contributed by atoms with van der Waals surface area (Å²) in [5.74, 6) is 0.767. The maximum Gasteiger partial charge on any atom is 0.254 e. The van der Waals surface area contributed by atoms with Crippen LogP contribution in [0.5, 0.6) is 0 Å². The number of nitrogens with one attached hydrogen (secondary N) is 1. The van der Waals surface area contributed by atoms with E-state index in [0.717, 1.165) is 0 Å². The fraction of sp³-hybridized carbons (Fsp3) is 0.125. The normalized spacial score (nSPS) is 11.1. The summed E-state index contributed by atoms with van der Waals surface area (Å²) in [7, 11) is 1.60. The Balaban J connectivity index is 1.68. The predicted molar refractivity (Wildman–Crippen MR) is 88.3 cm³/mol. The predicted octanol–water partition coefficient (Wildman–Crippen LogP) is 2.34. The molecular weight excluding hydrogens is 325 g/mol. The average molecular weight is 339 g/mol. The highest BCUT2D eigenvalue weighted by molar-refractivity contribution is 5.57. The zero-order chi connectivity index (χ0) is 17.2. The van der Waals surface area contributed by atoms with E-state index >= 15 is 0 Å². The molecule has 0 radical (unpaired) electrons. The van der Waals surface area contributed by atoms with Gasteiger partial charge in [-0.15, -0.1) is 0 Å². The largest absolute Gasteiger partial charge is 0.378 e. The monoisotopic (exact) mass is 339 g/mol. The molecule has 4 rings (SSSR count). The molecule has 1 aromatic carbocycles. The van der Waals surface area contributed by atoms with Crippen LogP contribution in [0.4, 0.5) is 15.9 Å². The topological polar surface area (TPSA) is 82.2 Å². The van der Waals surface area contributed by atoms with Crippen molar-refractivity contribution in [2.45, 2.75) is 6.61 Å². The Hall–Kier alpha value is -3.33. The molecule has 0 aliphatic rings. The fourth-order valence-corrected chi connectivity index (χ4v) is 2.48. The second-order valence-electron chi connectivity index (χ2n) is 5.29. The summed E-state index contributed by atoms with van der Waals surface area (Å²) in [6, 6.07) is 8.25. The number of para-hydroxylation sites is 1. The molecule has 25 heavy (non-hydrogen) atoms. The van der Waals surface area contributed by atoms with Crippen LogP contribution in [-0.4, -0.2) is 36.5 Å². The lowest BCUT2D eigenvalue weighted by Crippen LogP contribution is -2.04. The first-order chi connectivity index (χ1) is 12.2. The number of methoxy groups -OCH3 is 1. The molecule has 0 fully saturated rings. The lowest BCUT2D eigenvalue weighted by molar-refractivity contribution is 0.181. The molecule has 3 heterocycles. The number of hydrogen-bond acceptors (Lipinski definition) is 6. The Labute approximate surface area is 141 Å². The zero-order valence-electron chi connectivity index (χ0n) is 13.3. The average Bonchev–Trinajstić information content (AvgIpc) is 3.25. The van der Waals surface area contributed by atoms with E-state index in [-0.39, 0.29) is 5.82 Å². The summed E-state index contributed by atoms with van der Waals surface area (Å²) >= 11 is 0. The SMILES string of the molecule is COCc1cc(Nc2cnn(-c3ccccc3F)c2)n2ncnc2n1. The maximum atomic E-state index is 13.9. The van der Waals surface area contributed by atoms with Crippen LogP contribution in [0.2, 0.25) is 0 Å². The summed E-state index contributed by atoms with van der Waals surface area (Å²) < 4.78 is 22.1. The number of benzene rings is 1. The van der Waals surface area contributed by atoms with Crippen molar-refractivity contribution in [2.24, 2.45) is 0 Å². The molecule has 0 saturated heterocycles. The van der Waals surface area contributed by atoms with Gasteiger partial charge >= 0.3 is 0 Å². The molecule has 9 heteroatoms. The quantitative estimate of drug-likeness (QED) is 0.601. The van der Waals surface area contributed by atoms with Crippen LogP contribution >= 0.6 is 0 Å². The molecule has 3 aromatic heterocycles. The van der Waals surface area contributed by atoms with Crippen molar-refractivity contribution in [1.29, 1.82) is 0 Å². The number of fused-ring (bicyclic) bond motifs is 1. The summed E-state index contributed by atoms with van der Waals surface area (Å²) in [5, 5.41) is 11.5. The highest BCUT2D eigenvalue weighted by Gasteiger charge is 2.10. The Morgan fingerprint density at radius 2 is 2.12 bits per heavy atom. The number of anilines is 2. The summed E-state index contributed by atoms with van der Waals surface area (Å²) in [6.45, 7) is 0.354. The third-order valence-electron chi connectivity index (χ3n) is 3.55. The molecule has 0 amide bonds. The van der Waals surface area contributed by atoms with Gasteiger partial charge in [-0.3, -0.25) is 0 Å². The molecule has 0 bridgehead atoms. The van der Waals surface area contributed by atoms with Crippen molar-refractivity contribution in [2.75, 3.05) is 12.4 Å². The van der Waals surface area contributed by atoms with Gasteiger partial charge in [-0.1, -0.05) is 12.1 Å². The van der Waals surface area contributed by atoms with Crippen LogP contribution in [0.25, 0.3) is 11.5 Å². The Morgan fingerprint density at radius 3 is 2.96 bits per heavy atom. The second kappa shape index (κ2) is 6.29. The van der Waals surface area contributed by atoms with Gasteiger partial charge in [0.25, 0.3) is 5.78 Å². The molecule has 0 aliphatic carbocycles. The minimum absolute atomic E-state index is 0.345. The standard InChI is InChI=1S/C16H14FN7O/c1-25-9-11-6-15(24-16(22-11)18-10-20-24)21-12-7-19-23(8-12)14-5-3-2-4-13(14)17/h2-8,10,21H,9H2,1H3. The van der Waals surface area contributed by atoms with Gasteiger partial charge in [-0.05, 0) is 12.1 Å². The van der Waals surface area contributed by atoms with Crippen molar-refractivity contribution >= 4 is 17.3 Å². The van der Waals surface area contributed by atoms with E-state index in [0.29, 0.717) is 35.3 Å². The third kappa shape index (κ3) is 2.92. The van der Waals surface area contributed by atoms with Crippen molar-refractivity contribution in [1.82, 2.24) is 29.4 Å². The van der Waals surface area contributed by atoms with Crippen LogP contribution in [-0.2, 0) is 11.3 Å². The molecule has 8 nitrogen and oxygen atoms in total. The van der Waals surface area contributed by atoms with E-state index in [2.05, 4.69) is 25.5 Å². The van der Waals surface area contributed by atoms with Crippen molar-refractivity contribution < 1.29 is 9.13 Å². The molecule has 126 valence electrons. The van der Waals surface area contributed by atoms with Gasteiger partial charge in [-0.25, -0.2) is 14.1 Å². The van der Waals surface area contributed by atoms with E-state index in [9.17, 15) is 4.39 Å². The molecular formula is C16H14FN7O. The number of rotatable bonds is 5. The number of ether oxygens (including phenoxy) is 1. The van der Waals surface area contributed by atoms with Gasteiger partial charge in [0.15, 0.2) is 0 Å². The number of aromatic nitrogens is 6. The fourth-order valence-electron chi connectivity index (χ4n) is 2.48. The number of hydrogen-bond donors (Lipinski definition) is 1. The van der Waals surface area contributed by atoms with Crippen molar-refractivity contribution in [3.63, 3.8) is 0 Å². The second-order valence-corrected chi connectivity index (χ2v) is 5.29. The summed E-state index contributed by atoms with van der Waals surface area (Å²) in [5.41, 5.74) is 1.76. The highest BCUT2D eigenvalue weighted by atomic mass is 19.1. The van der Waals surface area contributed by atoms with Crippen LogP contribution in [0.3, 0.4) is 0 Å². The lowest BCUT2D eigenvalue weighted by Gasteiger charge is -2.08. The maximum absolute atomic E-state index is 13.9. The van der Waals surface area contributed by atoms with Crippen LogP contribution < -0.4 is 5.32 Å². The summed E-state index contributed by atoms with van der Waals surface area (Å²) in [4.78, 5) is 8.45. The third-order valence-corrected chi connectivity index (χ3v) is 3.55. The lowest BCUT2D eigenvalue weighted by atomic mass is 10.3. The van der Waals surface area contributed by atoms with E-state index in [1.54, 1.807) is 42.2 Å². The minimum atomic E-state index is -0.345. The van der Waals surface area contributed by atoms with Gasteiger partial charge in [0.1, 0.15) is 23.6 Å². The van der Waals surface area contributed by atoms with Gasteiger partial charge < -0.3 is 10.1 Å². The van der Waals surface area contributed by atoms with Crippen LogP contribution in [0.1, 0.15) is 5.69 Å². The first-order valence-corrected chi connectivity index (χ1v) is 7.50. The van der Waals surface area contributed by atoms with E-state index in [1.165, 1.54) is 17.1 Å². The van der Waals surface area contributed by atoms with Crippen molar-refractivity contribution in [3.05, 3.63) is 60.6 Å². The molecule has 4 aromatic rings. The Morgan fingerprint density at radius 1 is 1.24 bits per heavy atom. The number of nitrogens with zero attached hydrogens (tertiary/aromatic N) is 6. The van der Waals surface area contributed by atoms with Crippen molar-refractivity contribution in [3.8, 4) is 5.69 Å². The molecule has 0 atom stereocenters. The molecule has 0 aliphatic heterocycles. The molecule has 0 unspecified atom stereocenters. The molecule has 1 N–H and O–H groups in total. The van der Waals surface area contributed by atoms with Gasteiger partial charge in [-0.2, -0.15) is 19.7 Å².